The summed E-state index contributed by atoms with van der Waals surface area (Å²) in [7, 11) is 0. The number of likely N-dealkylation sites (tertiary alicyclic amines) is 2. The maximum Gasteiger partial charge on any atom is 0.256 e. The number of amides is 2. The van der Waals surface area contributed by atoms with E-state index in [4.69, 9.17) is 0 Å². The molecule has 2 saturated heterocycles. The van der Waals surface area contributed by atoms with E-state index in [1.807, 2.05) is 52.1 Å². The van der Waals surface area contributed by atoms with Gasteiger partial charge in [0.15, 0.2) is 0 Å². The molecule has 0 bridgehead atoms. The molecule has 2 amide bonds. The Hall–Kier alpha value is -3.49. The van der Waals surface area contributed by atoms with E-state index in [0.29, 0.717) is 42.9 Å². The number of nitrogens with zero attached hydrogens (tertiary/aromatic N) is 3. The summed E-state index contributed by atoms with van der Waals surface area (Å²) in [6.45, 7) is 4.74. The second-order valence-electron chi connectivity index (χ2n) is 10.8. The number of nitrogens with one attached hydrogen (secondary N) is 1. The number of aromatic nitrogens is 1. The molecule has 2 aliphatic rings. The zero-order valence-corrected chi connectivity index (χ0v) is 22.7. The number of thiophene rings is 1. The predicted molar refractivity (Wildman–Crippen MR) is 152 cm³/mol. The van der Waals surface area contributed by atoms with Crippen LogP contribution < -0.4 is 5.32 Å². The third-order valence-corrected chi connectivity index (χ3v) is 9.19. The minimum Gasteiger partial charge on any atom is -0.341 e. The van der Waals surface area contributed by atoms with Crippen LogP contribution in [0.5, 0.6) is 0 Å². The molecule has 0 saturated carbocycles. The van der Waals surface area contributed by atoms with Crippen LogP contribution in [0.4, 0.5) is 4.39 Å². The van der Waals surface area contributed by atoms with Gasteiger partial charge in [0.25, 0.3) is 5.91 Å². The monoisotopic (exact) mass is 544 g/mol. The molecule has 1 N–H and O–H groups in total. The molecule has 6 rings (SSSR count). The standard InChI is InChI=1S/C31H33FN4O2S/c32-27-6-4-22(5-7-27)23-8-12-34(13-9-23)16-26-17-36(18-29(26)25-11-15-39-19-25)31(38)28-3-1-2-24-10-14-35(30(24)28)20-33-21-37/h1-7,10-11,14-15,19,21,23,26,29H,8-9,12-13,16-18,20H2,(H,33,37). The van der Waals surface area contributed by atoms with Crippen LogP contribution in [0.25, 0.3) is 10.9 Å². The third-order valence-electron chi connectivity index (χ3n) is 8.49. The molecular formula is C31H33FN4O2S. The fourth-order valence-corrected chi connectivity index (χ4v) is 7.20. The topological polar surface area (TPSA) is 57.6 Å². The molecule has 8 heteroatoms. The molecule has 0 aliphatic carbocycles. The highest BCUT2D eigenvalue weighted by molar-refractivity contribution is 7.08. The number of carbonyl (C=O) groups is 2. The summed E-state index contributed by atoms with van der Waals surface area (Å²) in [4.78, 5) is 29.4. The summed E-state index contributed by atoms with van der Waals surface area (Å²) in [6.07, 6.45) is 4.72. The molecule has 0 radical (unpaired) electrons. The van der Waals surface area contributed by atoms with Gasteiger partial charge in [-0.25, -0.2) is 4.39 Å². The molecule has 2 aromatic carbocycles. The van der Waals surface area contributed by atoms with E-state index < -0.39 is 0 Å². The Morgan fingerprint density at radius 2 is 1.85 bits per heavy atom. The van der Waals surface area contributed by atoms with Crippen LogP contribution in [0, 0.1) is 11.7 Å². The first-order chi connectivity index (χ1) is 19.1. The van der Waals surface area contributed by atoms with Crippen LogP contribution in [0.2, 0.25) is 0 Å². The largest absolute Gasteiger partial charge is 0.341 e. The van der Waals surface area contributed by atoms with Crippen molar-refractivity contribution in [1.29, 1.82) is 0 Å². The van der Waals surface area contributed by atoms with Gasteiger partial charge < -0.3 is 19.7 Å². The van der Waals surface area contributed by atoms with Crippen molar-refractivity contribution in [1.82, 2.24) is 19.7 Å². The number of piperidine rings is 1. The van der Waals surface area contributed by atoms with Crippen LogP contribution in [0.1, 0.15) is 46.2 Å². The number of rotatable bonds is 8. The van der Waals surface area contributed by atoms with Gasteiger partial charge in [0.2, 0.25) is 6.41 Å². The first kappa shape index (κ1) is 25.8. The van der Waals surface area contributed by atoms with Crippen LogP contribution in [0.3, 0.4) is 0 Å². The minimum atomic E-state index is -0.182. The highest BCUT2D eigenvalue weighted by Gasteiger charge is 2.38. The lowest BCUT2D eigenvalue weighted by Crippen LogP contribution is -2.38. The molecule has 6 nitrogen and oxygen atoms in total. The number of benzene rings is 2. The van der Waals surface area contributed by atoms with Gasteiger partial charge in [-0.1, -0.05) is 24.3 Å². The minimum absolute atomic E-state index is 0.0457. The average molecular weight is 545 g/mol. The van der Waals surface area contributed by atoms with E-state index in [1.165, 1.54) is 11.1 Å². The lowest BCUT2D eigenvalue weighted by molar-refractivity contribution is -0.109. The number of para-hydroxylation sites is 1. The third kappa shape index (κ3) is 5.36. The SMILES string of the molecule is O=CNCn1ccc2cccc(C(=O)N3CC(CN4CCC(c5ccc(F)cc5)CC4)C(c4ccsc4)C3)c21. The van der Waals surface area contributed by atoms with E-state index in [0.717, 1.165) is 49.9 Å². The number of fused-ring (bicyclic) bond motifs is 1. The summed E-state index contributed by atoms with van der Waals surface area (Å²) in [5.41, 5.74) is 4.08. The first-order valence-electron chi connectivity index (χ1n) is 13.6. The summed E-state index contributed by atoms with van der Waals surface area (Å²) >= 11 is 1.71. The van der Waals surface area contributed by atoms with E-state index in [-0.39, 0.29) is 11.7 Å². The number of hydrogen-bond donors (Lipinski definition) is 1. The van der Waals surface area contributed by atoms with Crippen LogP contribution in [-0.4, -0.2) is 59.4 Å². The Morgan fingerprint density at radius 1 is 1.03 bits per heavy atom. The molecule has 2 fully saturated rings. The first-order valence-corrected chi connectivity index (χ1v) is 14.6. The van der Waals surface area contributed by atoms with E-state index in [1.54, 1.807) is 23.5 Å². The van der Waals surface area contributed by atoms with Gasteiger partial charge in [0, 0.05) is 37.1 Å². The van der Waals surface area contributed by atoms with Crippen molar-refractivity contribution < 1.29 is 14.0 Å². The van der Waals surface area contributed by atoms with Gasteiger partial charge in [-0.05, 0) is 90.0 Å². The Bertz CT molecular complexity index is 1430. The number of carbonyl (C=O) groups excluding carboxylic acids is 2. The predicted octanol–water partition coefficient (Wildman–Crippen LogP) is 5.28. The van der Waals surface area contributed by atoms with Gasteiger partial charge in [0.05, 0.1) is 17.7 Å². The molecule has 2 aliphatic heterocycles. The Balaban J connectivity index is 1.18. The average Bonchev–Trinajstić information content (AvgIpc) is 3.72. The zero-order valence-electron chi connectivity index (χ0n) is 21.8. The van der Waals surface area contributed by atoms with Crippen molar-refractivity contribution in [3.63, 3.8) is 0 Å². The van der Waals surface area contributed by atoms with Crippen LogP contribution in [0.15, 0.2) is 71.6 Å². The number of hydrogen-bond acceptors (Lipinski definition) is 4. The van der Waals surface area contributed by atoms with Crippen molar-refractivity contribution in [3.8, 4) is 0 Å². The Labute approximate surface area is 232 Å². The summed E-state index contributed by atoms with van der Waals surface area (Å²) in [6, 6.07) is 17.0. The second-order valence-corrected chi connectivity index (χ2v) is 11.5. The van der Waals surface area contributed by atoms with Gasteiger partial charge in [0.1, 0.15) is 5.82 Å². The maximum absolute atomic E-state index is 13.9. The molecule has 4 heterocycles. The molecule has 39 heavy (non-hydrogen) atoms. The molecular weight excluding hydrogens is 511 g/mol. The molecule has 4 aromatic rings. The molecule has 202 valence electrons. The lowest BCUT2D eigenvalue weighted by atomic mass is 9.87. The lowest BCUT2D eigenvalue weighted by Gasteiger charge is -2.34. The maximum atomic E-state index is 13.9. The van der Waals surface area contributed by atoms with Gasteiger partial charge >= 0.3 is 0 Å². The second kappa shape index (κ2) is 11.3. The van der Waals surface area contributed by atoms with Crippen molar-refractivity contribution >= 4 is 34.6 Å². The van der Waals surface area contributed by atoms with Crippen LogP contribution >= 0.6 is 11.3 Å². The van der Waals surface area contributed by atoms with Gasteiger partial charge in [-0.3, -0.25) is 9.59 Å². The molecule has 2 aromatic heterocycles. The highest BCUT2D eigenvalue weighted by Crippen LogP contribution is 2.37. The Kier molecular flexibility index (Phi) is 7.48. The van der Waals surface area contributed by atoms with E-state index >= 15 is 0 Å². The quantitative estimate of drug-likeness (QED) is 0.307. The van der Waals surface area contributed by atoms with Crippen molar-refractivity contribution in [2.24, 2.45) is 5.92 Å². The van der Waals surface area contributed by atoms with Crippen molar-refractivity contribution in [3.05, 3.63) is 94.1 Å². The molecule has 2 atom stereocenters. The van der Waals surface area contributed by atoms with Gasteiger partial charge in [-0.15, -0.1) is 0 Å². The number of halogens is 1. The fraction of sp³-hybridized carbons (Fsp3) is 0.355. The highest BCUT2D eigenvalue weighted by atomic mass is 32.1. The summed E-state index contributed by atoms with van der Waals surface area (Å²) in [5, 5.41) is 8.05. The smallest absolute Gasteiger partial charge is 0.256 e. The van der Waals surface area contributed by atoms with Crippen molar-refractivity contribution in [2.75, 3.05) is 32.7 Å². The Morgan fingerprint density at radius 3 is 2.59 bits per heavy atom. The fourth-order valence-electron chi connectivity index (χ4n) is 6.47. The van der Waals surface area contributed by atoms with Gasteiger partial charge in [-0.2, -0.15) is 11.3 Å². The molecule has 0 spiro atoms. The zero-order chi connectivity index (χ0) is 26.8. The van der Waals surface area contributed by atoms with Crippen LogP contribution in [-0.2, 0) is 11.5 Å². The van der Waals surface area contributed by atoms with Crippen molar-refractivity contribution in [2.45, 2.75) is 31.3 Å². The summed E-state index contributed by atoms with van der Waals surface area (Å²) < 4.78 is 15.3. The normalized spacial score (nSPS) is 20.5. The van der Waals surface area contributed by atoms with E-state index in [2.05, 4.69) is 27.0 Å². The summed E-state index contributed by atoms with van der Waals surface area (Å²) in [5.74, 6) is 0.996. The van der Waals surface area contributed by atoms with E-state index in [9.17, 15) is 14.0 Å². The molecule has 2 unspecified atom stereocenters.